The predicted octanol–water partition coefficient (Wildman–Crippen LogP) is 2.40. The molecule has 1 atom stereocenters. The van der Waals surface area contributed by atoms with Crippen LogP contribution in [0, 0.1) is 0 Å². The van der Waals surface area contributed by atoms with Gasteiger partial charge in [-0.1, -0.05) is 20.8 Å². The third kappa shape index (κ3) is 2.90. The molecular weight excluding hydrogens is 298 g/mol. The van der Waals surface area contributed by atoms with Gasteiger partial charge in [0.2, 0.25) is 5.91 Å². The van der Waals surface area contributed by atoms with E-state index in [-0.39, 0.29) is 23.9 Å². The van der Waals surface area contributed by atoms with Gasteiger partial charge in [-0.25, -0.2) is 4.68 Å². The zero-order valence-electron chi connectivity index (χ0n) is 13.2. The van der Waals surface area contributed by atoms with E-state index in [2.05, 4.69) is 32.4 Å². The molecule has 3 rings (SSSR count). The molecule has 1 amide bonds. The lowest BCUT2D eigenvalue weighted by atomic mass is 9.96. The summed E-state index contributed by atoms with van der Waals surface area (Å²) in [5, 5.41) is 16.0. The van der Waals surface area contributed by atoms with Crippen molar-refractivity contribution < 1.29 is 4.79 Å². The van der Waals surface area contributed by atoms with Crippen molar-refractivity contribution in [3.63, 3.8) is 0 Å². The van der Waals surface area contributed by atoms with Crippen LogP contribution < -0.4 is 0 Å². The Bertz CT molecular complexity index is 643. The summed E-state index contributed by atoms with van der Waals surface area (Å²) < 4.78 is 1.63. The quantitative estimate of drug-likeness (QED) is 0.871. The van der Waals surface area contributed by atoms with Gasteiger partial charge < -0.3 is 4.90 Å². The monoisotopic (exact) mass is 319 g/mol. The highest BCUT2D eigenvalue weighted by atomic mass is 32.1. The van der Waals surface area contributed by atoms with Crippen LogP contribution in [0.3, 0.4) is 0 Å². The molecule has 0 aliphatic carbocycles. The van der Waals surface area contributed by atoms with E-state index in [0.29, 0.717) is 0 Å². The number of hydrogen-bond donors (Lipinski definition) is 0. The van der Waals surface area contributed by atoms with Crippen LogP contribution in [-0.4, -0.2) is 37.6 Å². The predicted molar refractivity (Wildman–Crippen MR) is 84.5 cm³/mol. The van der Waals surface area contributed by atoms with Crippen LogP contribution in [0.5, 0.6) is 0 Å². The first-order valence-corrected chi connectivity index (χ1v) is 8.49. The van der Waals surface area contributed by atoms with Crippen LogP contribution in [0.25, 0.3) is 0 Å². The first kappa shape index (κ1) is 15.1. The number of rotatable bonds is 3. The van der Waals surface area contributed by atoms with E-state index in [1.807, 2.05) is 25.7 Å². The summed E-state index contributed by atoms with van der Waals surface area (Å²) in [5.74, 6) is 0.832. The number of carbonyl (C=O) groups excluding carboxylic acids is 1. The normalized spacial score (nSPS) is 18.9. The number of carbonyl (C=O) groups is 1. The number of aromatic nitrogens is 4. The zero-order valence-corrected chi connectivity index (χ0v) is 14.0. The van der Waals surface area contributed by atoms with Crippen LogP contribution in [-0.2, 0) is 16.8 Å². The molecule has 118 valence electrons. The molecule has 1 aliphatic heterocycles. The second kappa shape index (κ2) is 5.79. The van der Waals surface area contributed by atoms with E-state index >= 15 is 0 Å². The number of thiophene rings is 1. The lowest BCUT2D eigenvalue weighted by molar-refractivity contribution is -0.133. The van der Waals surface area contributed by atoms with Gasteiger partial charge in [-0.05, 0) is 45.7 Å². The molecule has 6 nitrogen and oxygen atoms in total. The van der Waals surface area contributed by atoms with Gasteiger partial charge in [-0.3, -0.25) is 4.79 Å². The Kier molecular flexibility index (Phi) is 3.99. The minimum atomic E-state index is -0.179. The number of nitrogens with zero attached hydrogens (tertiary/aromatic N) is 5. The summed E-state index contributed by atoms with van der Waals surface area (Å²) in [5.41, 5.74) is 1.06. The van der Waals surface area contributed by atoms with E-state index in [9.17, 15) is 4.79 Å². The highest BCUT2D eigenvalue weighted by molar-refractivity contribution is 7.07. The fourth-order valence-corrected chi connectivity index (χ4v) is 3.65. The van der Waals surface area contributed by atoms with E-state index in [4.69, 9.17) is 0 Å². The van der Waals surface area contributed by atoms with E-state index < -0.39 is 0 Å². The second-order valence-electron chi connectivity index (χ2n) is 6.71. The van der Waals surface area contributed by atoms with E-state index in [0.717, 1.165) is 25.2 Å². The van der Waals surface area contributed by atoms with Crippen molar-refractivity contribution >= 4 is 17.2 Å². The Hall–Kier alpha value is -1.76. The smallest absolute Gasteiger partial charge is 0.244 e. The maximum Gasteiger partial charge on any atom is 0.244 e. The number of hydrogen-bond acceptors (Lipinski definition) is 5. The highest BCUT2D eigenvalue weighted by Crippen LogP contribution is 2.33. The van der Waals surface area contributed by atoms with Crippen molar-refractivity contribution in [2.75, 3.05) is 6.54 Å². The zero-order chi connectivity index (χ0) is 15.7. The van der Waals surface area contributed by atoms with Gasteiger partial charge in [-0.2, -0.15) is 11.3 Å². The lowest BCUT2D eigenvalue weighted by Gasteiger charge is -2.25. The molecule has 1 saturated heterocycles. The molecule has 0 N–H and O–H groups in total. The molecule has 1 fully saturated rings. The third-order valence-electron chi connectivity index (χ3n) is 3.99. The van der Waals surface area contributed by atoms with Gasteiger partial charge in [0.05, 0.1) is 6.04 Å². The minimum Gasteiger partial charge on any atom is -0.334 e. The Morgan fingerprint density at radius 2 is 2.27 bits per heavy atom. The van der Waals surface area contributed by atoms with Crippen molar-refractivity contribution in [3.05, 3.63) is 28.2 Å². The first-order chi connectivity index (χ1) is 10.5. The molecule has 0 aromatic carbocycles. The van der Waals surface area contributed by atoms with Gasteiger partial charge in [0.15, 0.2) is 5.82 Å². The van der Waals surface area contributed by atoms with Crippen molar-refractivity contribution in [3.8, 4) is 0 Å². The Morgan fingerprint density at radius 1 is 1.45 bits per heavy atom. The van der Waals surface area contributed by atoms with Crippen LogP contribution in [0.4, 0.5) is 0 Å². The van der Waals surface area contributed by atoms with Crippen molar-refractivity contribution in [2.24, 2.45) is 0 Å². The van der Waals surface area contributed by atoms with Crippen molar-refractivity contribution in [1.82, 2.24) is 25.1 Å². The molecule has 0 bridgehead atoms. The van der Waals surface area contributed by atoms with Crippen LogP contribution >= 0.6 is 11.3 Å². The third-order valence-corrected chi connectivity index (χ3v) is 4.69. The molecule has 0 spiro atoms. The summed E-state index contributed by atoms with van der Waals surface area (Å²) in [7, 11) is 0. The van der Waals surface area contributed by atoms with Crippen LogP contribution in [0.15, 0.2) is 16.8 Å². The topological polar surface area (TPSA) is 63.9 Å². The Morgan fingerprint density at radius 3 is 2.95 bits per heavy atom. The fourth-order valence-electron chi connectivity index (χ4n) is 2.94. The first-order valence-electron chi connectivity index (χ1n) is 7.55. The van der Waals surface area contributed by atoms with Crippen molar-refractivity contribution in [2.45, 2.75) is 51.6 Å². The molecule has 0 saturated carbocycles. The molecule has 3 heterocycles. The molecule has 2 aromatic rings. The highest BCUT2D eigenvalue weighted by Gasteiger charge is 2.31. The van der Waals surface area contributed by atoms with Gasteiger partial charge in [0.1, 0.15) is 6.54 Å². The fraction of sp³-hybridized carbons (Fsp3) is 0.600. The molecule has 1 unspecified atom stereocenters. The Labute approximate surface area is 134 Å². The molecular formula is C15H21N5OS. The largest absolute Gasteiger partial charge is 0.334 e. The number of tetrazole rings is 1. The van der Waals surface area contributed by atoms with Gasteiger partial charge in [0.25, 0.3) is 0 Å². The van der Waals surface area contributed by atoms with Crippen LogP contribution in [0.1, 0.15) is 51.0 Å². The number of likely N-dealkylation sites (tertiary alicyclic amines) is 1. The second-order valence-corrected chi connectivity index (χ2v) is 7.49. The molecule has 2 aromatic heterocycles. The van der Waals surface area contributed by atoms with Gasteiger partial charge in [-0.15, -0.1) is 5.10 Å². The summed E-state index contributed by atoms with van der Waals surface area (Å²) in [6.45, 7) is 7.16. The summed E-state index contributed by atoms with van der Waals surface area (Å²) in [4.78, 5) is 14.7. The van der Waals surface area contributed by atoms with Gasteiger partial charge in [0, 0.05) is 12.0 Å². The molecule has 0 radical (unpaired) electrons. The standard InChI is InChI=1S/C15H21N5OS/c1-15(2,3)14-16-17-18-20(14)9-13(21)19-7-4-5-12(19)11-6-8-22-10-11/h6,8,10,12H,4-5,7,9H2,1-3H3. The summed E-state index contributed by atoms with van der Waals surface area (Å²) >= 11 is 1.68. The lowest BCUT2D eigenvalue weighted by Crippen LogP contribution is -2.35. The van der Waals surface area contributed by atoms with E-state index in [1.54, 1.807) is 16.0 Å². The SMILES string of the molecule is CC(C)(C)c1nnnn1CC(=O)N1CCCC1c1ccsc1. The maximum atomic E-state index is 12.7. The average Bonchev–Trinajstić information content (AvgIpc) is 3.18. The molecule has 7 heteroatoms. The van der Waals surface area contributed by atoms with E-state index in [1.165, 1.54) is 5.56 Å². The van der Waals surface area contributed by atoms with Crippen molar-refractivity contribution in [1.29, 1.82) is 0 Å². The number of amides is 1. The Balaban J connectivity index is 1.76. The maximum absolute atomic E-state index is 12.7. The average molecular weight is 319 g/mol. The van der Waals surface area contributed by atoms with Gasteiger partial charge >= 0.3 is 0 Å². The molecule has 22 heavy (non-hydrogen) atoms. The summed E-state index contributed by atoms with van der Waals surface area (Å²) in [6.07, 6.45) is 2.08. The minimum absolute atomic E-state index is 0.0894. The summed E-state index contributed by atoms with van der Waals surface area (Å²) in [6, 6.07) is 2.31. The van der Waals surface area contributed by atoms with Crippen LogP contribution in [0.2, 0.25) is 0 Å². The molecule has 1 aliphatic rings.